The second-order valence-electron chi connectivity index (χ2n) is 6.30. The highest BCUT2D eigenvalue weighted by molar-refractivity contribution is 9.10. The first-order chi connectivity index (χ1) is 12.9. The van der Waals surface area contributed by atoms with Crippen LogP contribution in [0.1, 0.15) is 31.2 Å². The summed E-state index contributed by atoms with van der Waals surface area (Å²) in [5, 5.41) is 10.9. The summed E-state index contributed by atoms with van der Waals surface area (Å²) in [6.45, 7) is -0.488. The van der Waals surface area contributed by atoms with Gasteiger partial charge in [0.15, 0.2) is 6.61 Å². The number of barbiturate groups is 1. The number of carbonyl (C=O) groups excluding carboxylic acids is 3. The molecule has 1 saturated carbocycles. The quantitative estimate of drug-likeness (QED) is 0.540. The van der Waals surface area contributed by atoms with Crippen molar-refractivity contribution in [2.75, 3.05) is 6.61 Å². The highest BCUT2D eigenvalue weighted by atomic mass is 79.9. The van der Waals surface area contributed by atoms with Crippen molar-refractivity contribution in [3.63, 3.8) is 0 Å². The lowest BCUT2D eigenvalue weighted by molar-refractivity contribution is -0.139. The van der Waals surface area contributed by atoms with E-state index in [9.17, 15) is 19.2 Å². The van der Waals surface area contributed by atoms with E-state index in [2.05, 4.69) is 21.2 Å². The SMILES string of the molecule is O=C(O)COc1ccc(/C=C2\C(=O)NC(=O)N(C3CCCC3)C2=O)cc1Br. The zero-order chi connectivity index (χ0) is 19.6. The normalized spacial score (nSPS) is 19.5. The number of carboxylic acids is 1. The number of urea groups is 1. The number of aliphatic carboxylic acids is 1. The molecule has 8 nitrogen and oxygen atoms in total. The Morgan fingerprint density at radius 1 is 1.30 bits per heavy atom. The number of nitrogens with one attached hydrogen (secondary N) is 1. The Kier molecular flexibility index (Phi) is 5.59. The fourth-order valence-corrected chi connectivity index (χ4v) is 3.71. The maximum absolute atomic E-state index is 12.7. The largest absolute Gasteiger partial charge is 0.481 e. The van der Waals surface area contributed by atoms with E-state index in [0.717, 1.165) is 30.6 Å². The molecule has 2 aliphatic rings. The molecule has 0 radical (unpaired) electrons. The Bertz CT molecular complexity index is 844. The van der Waals surface area contributed by atoms with E-state index in [1.807, 2.05) is 0 Å². The fourth-order valence-electron chi connectivity index (χ4n) is 3.20. The first-order valence-corrected chi connectivity index (χ1v) is 9.21. The van der Waals surface area contributed by atoms with Gasteiger partial charge in [0, 0.05) is 6.04 Å². The number of carboxylic acid groups (broad SMARTS) is 1. The van der Waals surface area contributed by atoms with E-state index in [-0.39, 0.29) is 11.6 Å². The molecule has 2 fully saturated rings. The van der Waals surface area contributed by atoms with Crippen molar-refractivity contribution in [2.45, 2.75) is 31.7 Å². The lowest BCUT2D eigenvalue weighted by atomic mass is 10.1. The maximum Gasteiger partial charge on any atom is 0.341 e. The molecule has 1 aliphatic carbocycles. The molecule has 0 spiro atoms. The highest BCUT2D eigenvalue weighted by Crippen LogP contribution is 2.29. The molecule has 1 aromatic carbocycles. The molecule has 0 unspecified atom stereocenters. The van der Waals surface area contributed by atoms with Crippen LogP contribution < -0.4 is 10.1 Å². The van der Waals surface area contributed by atoms with Gasteiger partial charge in [-0.15, -0.1) is 0 Å². The Morgan fingerprint density at radius 3 is 2.63 bits per heavy atom. The molecular weight excluding hydrogens is 420 g/mol. The molecule has 0 bridgehead atoms. The number of nitrogens with zero attached hydrogens (tertiary/aromatic N) is 1. The van der Waals surface area contributed by atoms with Crippen molar-refractivity contribution in [2.24, 2.45) is 0 Å². The van der Waals surface area contributed by atoms with Gasteiger partial charge >= 0.3 is 12.0 Å². The summed E-state index contributed by atoms with van der Waals surface area (Å²) in [7, 11) is 0. The molecule has 9 heteroatoms. The van der Waals surface area contributed by atoms with Crippen molar-refractivity contribution >= 4 is 45.8 Å². The third-order valence-electron chi connectivity index (χ3n) is 4.44. The molecule has 1 aliphatic heterocycles. The van der Waals surface area contributed by atoms with Crippen LogP contribution in [0.15, 0.2) is 28.2 Å². The van der Waals surface area contributed by atoms with Gasteiger partial charge in [0.05, 0.1) is 4.47 Å². The molecule has 27 heavy (non-hydrogen) atoms. The van der Waals surface area contributed by atoms with Crippen LogP contribution in [0.4, 0.5) is 4.79 Å². The average molecular weight is 437 g/mol. The summed E-state index contributed by atoms with van der Waals surface area (Å²) in [5.74, 6) is -2.12. The van der Waals surface area contributed by atoms with Crippen LogP contribution in [-0.2, 0) is 14.4 Å². The van der Waals surface area contributed by atoms with Crippen molar-refractivity contribution in [3.05, 3.63) is 33.8 Å². The molecule has 4 amide bonds. The Hall–Kier alpha value is -2.68. The predicted molar refractivity (Wildman–Crippen MR) is 97.9 cm³/mol. The van der Waals surface area contributed by atoms with Crippen molar-refractivity contribution in [1.82, 2.24) is 10.2 Å². The summed E-state index contributed by atoms with van der Waals surface area (Å²) in [6.07, 6.45) is 4.76. The van der Waals surface area contributed by atoms with Crippen molar-refractivity contribution in [1.29, 1.82) is 0 Å². The van der Waals surface area contributed by atoms with Gasteiger partial charge in [-0.05, 0) is 52.5 Å². The molecule has 1 heterocycles. The summed E-state index contributed by atoms with van der Waals surface area (Å²) in [6, 6.07) is 3.86. The number of rotatable bonds is 5. The van der Waals surface area contributed by atoms with Crippen LogP contribution in [0.25, 0.3) is 6.08 Å². The number of ether oxygens (including phenoxy) is 1. The second kappa shape index (κ2) is 7.91. The smallest absolute Gasteiger partial charge is 0.341 e. The van der Waals surface area contributed by atoms with Gasteiger partial charge < -0.3 is 9.84 Å². The second-order valence-corrected chi connectivity index (χ2v) is 7.16. The van der Waals surface area contributed by atoms with E-state index in [4.69, 9.17) is 9.84 Å². The van der Waals surface area contributed by atoms with Gasteiger partial charge in [-0.25, -0.2) is 9.59 Å². The van der Waals surface area contributed by atoms with Gasteiger partial charge in [-0.3, -0.25) is 19.8 Å². The molecule has 0 atom stereocenters. The average Bonchev–Trinajstić information content (AvgIpc) is 3.11. The number of imide groups is 2. The van der Waals surface area contributed by atoms with Crippen molar-refractivity contribution in [3.8, 4) is 5.75 Å². The van der Waals surface area contributed by atoms with Crippen LogP contribution in [0.2, 0.25) is 0 Å². The predicted octanol–water partition coefficient (Wildman–Crippen LogP) is 2.32. The zero-order valence-electron chi connectivity index (χ0n) is 14.2. The molecule has 142 valence electrons. The molecule has 0 aromatic heterocycles. The minimum atomic E-state index is -1.10. The van der Waals surface area contributed by atoms with Crippen LogP contribution in [0.3, 0.4) is 0 Å². The molecule has 1 saturated heterocycles. The minimum absolute atomic E-state index is 0.118. The number of hydrogen-bond acceptors (Lipinski definition) is 5. The standard InChI is InChI=1S/C18H17BrN2O6/c19-13-8-10(5-6-14(13)27-9-15(22)23)7-12-16(24)20-18(26)21(17(12)25)11-3-1-2-4-11/h5-8,11H,1-4,9H2,(H,22,23)(H,20,24,26)/b12-7+. The van der Waals surface area contributed by atoms with Crippen LogP contribution in [-0.4, -0.2) is 46.5 Å². The third kappa shape index (κ3) is 4.19. The fraction of sp³-hybridized carbons (Fsp3) is 0.333. The first kappa shape index (κ1) is 19.1. The Balaban J connectivity index is 1.85. The molecule has 1 aromatic rings. The maximum atomic E-state index is 12.7. The summed E-state index contributed by atoms with van der Waals surface area (Å²) < 4.78 is 5.60. The third-order valence-corrected chi connectivity index (χ3v) is 5.06. The van der Waals surface area contributed by atoms with Gasteiger partial charge in [0.1, 0.15) is 11.3 Å². The minimum Gasteiger partial charge on any atom is -0.481 e. The Labute approximate surface area is 163 Å². The molecular formula is C18H17BrN2O6. The van der Waals surface area contributed by atoms with Gasteiger partial charge in [0.2, 0.25) is 0 Å². The number of hydrogen-bond donors (Lipinski definition) is 2. The Morgan fingerprint density at radius 2 is 2.00 bits per heavy atom. The summed E-state index contributed by atoms with van der Waals surface area (Å²) in [4.78, 5) is 48.7. The first-order valence-electron chi connectivity index (χ1n) is 8.41. The molecule has 3 rings (SSSR count). The molecule has 2 N–H and O–H groups in total. The number of halogens is 1. The summed E-state index contributed by atoms with van der Waals surface area (Å²) >= 11 is 3.27. The van der Waals surface area contributed by atoms with Crippen molar-refractivity contribution < 1.29 is 29.0 Å². The van der Waals surface area contributed by atoms with Gasteiger partial charge in [0.25, 0.3) is 11.8 Å². The number of amides is 4. The van der Waals surface area contributed by atoms with Crippen LogP contribution >= 0.6 is 15.9 Å². The van der Waals surface area contributed by atoms with Crippen LogP contribution in [0, 0.1) is 0 Å². The summed E-state index contributed by atoms with van der Waals surface area (Å²) in [5.41, 5.74) is 0.413. The highest BCUT2D eigenvalue weighted by Gasteiger charge is 2.40. The monoisotopic (exact) mass is 436 g/mol. The van der Waals surface area contributed by atoms with Gasteiger partial charge in [-0.2, -0.15) is 0 Å². The van der Waals surface area contributed by atoms with E-state index in [1.165, 1.54) is 12.1 Å². The lowest BCUT2D eigenvalue weighted by Gasteiger charge is -2.31. The van der Waals surface area contributed by atoms with Crippen LogP contribution in [0.5, 0.6) is 5.75 Å². The number of carbonyl (C=O) groups is 4. The van der Waals surface area contributed by atoms with Gasteiger partial charge in [-0.1, -0.05) is 18.9 Å². The topological polar surface area (TPSA) is 113 Å². The lowest BCUT2D eigenvalue weighted by Crippen LogP contribution is -2.57. The zero-order valence-corrected chi connectivity index (χ0v) is 15.8. The van der Waals surface area contributed by atoms with E-state index in [0.29, 0.717) is 15.8 Å². The van der Waals surface area contributed by atoms with E-state index < -0.39 is 30.4 Å². The van der Waals surface area contributed by atoms with E-state index in [1.54, 1.807) is 12.1 Å². The van der Waals surface area contributed by atoms with E-state index >= 15 is 0 Å². The number of benzene rings is 1.